The highest BCUT2D eigenvalue weighted by Gasteiger charge is 1.98. The second-order valence-corrected chi connectivity index (χ2v) is 3.45. The quantitative estimate of drug-likeness (QED) is 0.777. The third-order valence-electron chi connectivity index (χ3n) is 2.23. The van der Waals surface area contributed by atoms with Crippen molar-refractivity contribution >= 4 is 11.4 Å². The van der Waals surface area contributed by atoms with Crippen LogP contribution in [0.3, 0.4) is 0 Å². The first-order valence-electron chi connectivity index (χ1n) is 4.84. The molecule has 0 bridgehead atoms. The molecular weight excluding hydrogens is 189 g/mol. The number of hydrogen-bond acceptors (Lipinski definition) is 1. The Morgan fingerprint density at radius 3 is 2.33 bits per heavy atom. The van der Waals surface area contributed by atoms with Crippen molar-refractivity contribution in [3.8, 4) is 0 Å². The normalized spacial score (nSPS) is 10.0. The van der Waals surface area contributed by atoms with Crippen LogP contribution in [0.5, 0.6) is 0 Å². The Morgan fingerprint density at radius 2 is 1.67 bits per heavy atom. The predicted octanol–water partition coefficient (Wildman–Crippen LogP) is 3.88. The lowest BCUT2D eigenvalue weighted by molar-refractivity contribution is 0.619. The van der Waals surface area contributed by atoms with Crippen LogP contribution in [-0.2, 0) is 0 Å². The molecule has 2 aromatic carbocycles. The van der Waals surface area contributed by atoms with Crippen molar-refractivity contribution in [3.63, 3.8) is 0 Å². The Balaban J connectivity index is 2.22. The van der Waals surface area contributed by atoms with Gasteiger partial charge in [0.2, 0.25) is 0 Å². The van der Waals surface area contributed by atoms with E-state index in [9.17, 15) is 4.39 Å². The van der Waals surface area contributed by atoms with E-state index < -0.39 is 0 Å². The Kier molecular flexibility index (Phi) is 2.68. The lowest BCUT2D eigenvalue weighted by atomic mass is 10.2. The summed E-state index contributed by atoms with van der Waals surface area (Å²) < 4.78 is 13.2. The smallest absolute Gasteiger partial charge is 0.128 e. The molecule has 0 heterocycles. The molecule has 0 amide bonds. The third kappa shape index (κ3) is 2.34. The SMILES string of the molecule is Cc1ccc(Nc2ccccc2)cc1F. The summed E-state index contributed by atoms with van der Waals surface area (Å²) in [6, 6.07) is 14.8. The van der Waals surface area contributed by atoms with Crippen LogP contribution in [0, 0.1) is 12.7 Å². The van der Waals surface area contributed by atoms with Gasteiger partial charge in [-0.2, -0.15) is 0 Å². The highest BCUT2D eigenvalue weighted by atomic mass is 19.1. The Bertz CT molecular complexity index is 451. The molecule has 2 aromatic rings. The van der Waals surface area contributed by atoms with E-state index in [1.165, 1.54) is 6.07 Å². The number of anilines is 2. The van der Waals surface area contributed by atoms with Gasteiger partial charge in [0.15, 0.2) is 0 Å². The van der Waals surface area contributed by atoms with Gasteiger partial charge in [-0.25, -0.2) is 4.39 Å². The van der Waals surface area contributed by atoms with Gasteiger partial charge in [0.25, 0.3) is 0 Å². The summed E-state index contributed by atoms with van der Waals surface area (Å²) in [5.41, 5.74) is 2.39. The molecule has 0 aliphatic rings. The van der Waals surface area contributed by atoms with Gasteiger partial charge in [-0.05, 0) is 36.8 Å². The second kappa shape index (κ2) is 4.13. The highest BCUT2D eigenvalue weighted by molar-refractivity contribution is 5.59. The topological polar surface area (TPSA) is 12.0 Å². The van der Waals surface area contributed by atoms with E-state index in [-0.39, 0.29) is 5.82 Å². The van der Waals surface area contributed by atoms with Crippen molar-refractivity contribution in [1.82, 2.24) is 0 Å². The molecule has 0 aliphatic carbocycles. The fourth-order valence-corrected chi connectivity index (χ4v) is 1.36. The fraction of sp³-hybridized carbons (Fsp3) is 0.0769. The van der Waals surface area contributed by atoms with Crippen LogP contribution in [0.1, 0.15) is 5.56 Å². The van der Waals surface area contributed by atoms with E-state index in [1.54, 1.807) is 13.0 Å². The number of nitrogens with one attached hydrogen (secondary N) is 1. The molecule has 2 heteroatoms. The summed E-state index contributed by atoms with van der Waals surface area (Å²) >= 11 is 0. The first-order valence-corrected chi connectivity index (χ1v) is 4.84. The maximum absolute atomic E-state index is 13.2. The van der Waals surface area contributed by atoms with Gasteiger partial charge in [-0.1, -0.05) is 24.3 Å². The van der Waals surface area contributed by atoms with Gasteiger partial charge < -0.3 is 5.32 Å². The van der Waals surface area contributed by atoms with Gasteiger partial charge in [0.05, 0.1) is 0 Å². The average Bonchev–Trinajstić information content (AvgIpc) is 2.25. The van der Waals surface area contributed by atoms with Crippen LogP contribution in [0.2, 0.25) is 0 Å². The van der Waals surface area contributed by atoms with Crippen molar-refractivity contribution in [2.24, 2.45) is 0 Å². The van der Waals surface area contributed by atoms with E-state index in [2.05, 4.69) is 5.32 Å². The average molecular weight is 201 g/mol. The van der Waals surface area contributed by atoms with E-state index >= 15 is 0 Å². The standard InChI is InChI=1S/C13H12FN/c1-10-7-8-12(9-13(10)14)15-11-5-3-2-4-6-11/h2-9,15H,1H3. The summed E-state index contributed by atoms with van der Waals surface area (Å²) in [7, 11) is 0. The first kappa shape index (κ1) is 9.71. The monoisotopic (exact) mass is 201 g/mol. The van der Waals surface area contributed by atoms with Crippen LogP contribution in [0.15, 0.2) is 48.5 Å². The minimum atomic E-state index is -0.184. The lowest BCUT2D eigenvalue weighted by Crippen LogP contribution is -1.91. The molecule has 0 atom stereocenters. The molecule has 1 nitrogen and oxygen atoms in total. The number of aryl methyl sites for hydroxylation is 1. The summed E-state index contributed by atoms with van der Waals surface area (Å²) in [5, 5.41) is 3.13. The molecule has 15 heavy (non-hydrogen) atoms. The summed E-state index contributed by atoms with van der Waals surface area (Å²) in [4.78, 5) is 0. The molecule has 0 unspecified atom stereocenters. The summed E-state index contributed by atoms with van der Waals surface area (Å²) in [6.07, 6.45) is 0. The molecule has 2 rings (SSSR count). The zero-order chi connectivity index (χ0) is 10.7. The minimum Gasteiger partial charge on any atom is -0.355 e. The lowest BCUT2D eigenvalue weighted by Gasteiger charge is -2.06. The fourth-order valence-electron chi connectivity index (χ4n) is 1.36. The summed E-state index contributed by atoms with van der Waals surface area (Å²) in [5.74, 6) is -0.184. The Morgan fingerprint density at radius 1 is 0.933 bits per heavy atom. The molecule has 0 spiro atoms. The molecule has 0 aliphatic heterocycles. The predicted molar refractivity (Wildman–Crippen MR) is 60.9 cm³/mol. The summed E-state index contributed by atoms with van der Waals surface area (Å²) in [6.45, 7) is 1.75. The van der Waals surface area contributed by atoms with Gasteiger partial charge in [-0.15, -0.1) is 0 Å². The largest absolute Gasteiger partial charge is 0.355 e. The zero-order valence-electron chi connectivity index (χ0n) is 8.50. The van der Waals surface area contributed by atoms with E-state index in [0.717, 1.165) is 11.4 Å². The molecule has 0 radical (unpaired) electrons. The second-order valence-electron chi connectivity index (χ2n) is 3.45. The molecule has 1 N–H and O–H groups in total. The number of halogens is 1. The van der Waals surface area contributed by atoms with Crippen molar-refractivity contribution in [2.45, 2.75) is 6.92 Å². The molecule has 0 saturated heterocycles. The van der Waals surface area contributed by atoms with Crippen LogP contribution in [-0.4, -0.2) is 0 Å². The molecule has 0 saturated carbocycles. The highest BCUT2D eigenvalue weighted by Crippen LogP contribution is 2.18. The van der Waals surface area contributed by atoms with Gasteiger partial charge in [-0.3, -0.25) is 0 Å². The Hall–Kier alpha value is -1.83. The van der Waals surface area contributed by atoms with Crippen LogP contribution >= 0.6 is 0 Å². The van der Waals surface area contributed by atoms with Crippen LogP contribution in [0.25, 0.3) is 0 Å². The van der Waals surface area contributed by atoms with Crippen LogP contribution < -0.4 is 5.32 Å². The first-order chi connectivity index (χ1) is 7.25. The van der Waals surface area contributed by atoms with E-state index in [0.29, 0.717) is 5.56 Å². The van der Waals surface area contributed by atoms with Crippen molar-refractivity contribution in [2.75, 3.05) is 5.32 Å². The number of para-hydroxylation sites is 1. The van der Waals surface area contributed by atoms with Crippen LogP contribution in [0.4, 0.5) is 15.8 Å². The van der Waals surface area contributed by atoms with Crippen molar-refractivity contribution in [1.29, 1.82) is 0 Å². The maximum atomic E-state index is 13.2. The molecular formula is C13H12FN. The number of rotatable bonds is 2. The number of hydrogen-bond donors (Lipinski definition) is 1. The van der Waals surface area contributed by atoms with Gasteiger partial charge in [0.1, 0.15) is 5.82 Å². The van der Waals surface area contributed by atoms with E-state index in [1.807, 2.05) is 36.4 Å². The molecule has 76 valence electrons. The van der Waals surface area contributed by atoms with Crippen molar-refractivity contribution in [3.05, 3.63) is 59.9 Å². The maximum Gasteiger partial charge on any atom is 0.128 e. The third-order valence-corrected chi connectivity index (χ3v) is 2.23. The van der Waals surface area contributed by atoms with Gasteiger partial charge in [0, 0.05) is 11.4 Å². The van der Waals surface area contributed by atoms with E-state index in [4.69, 9.17) is 0 Å². The molecule has 0 fully saturated rings. The number of benzene rings is 2. The zero-order valence-corrected chi connectivity index (χ0v) is 8.50. The molecule has 0 aromatic heterocycles. The van der Waals surface area contributed by atoms with Gasteiger partial charge >= 0.3 is 0 Å². The minimum absolute atomic E-state index is 0.184. The van der Waals surface area contributed by atoms with Crippen molar-refractivity contribution < 1.29 is 4.39 Å². The Labute approximate surface area is 88.6 Å².